The highest BCUT2D eigenvalue weighted by molar-refractivity contribution is 5.98. The van der Waals surface area contributed by atoms with Crippen LogP contribution in [0.25, 0.3) is 0 Å². The van der Waals surface area contributed by atoms with E-state index < -0.39 is 182 Å². The van der Waals surface area contributed by atoms with Crippen LogP contribution in [0.15, 0.2) is 0 Å². The minimum atomic E-state index is -1.91. The van der Waals surface area contributed by atoms with E-state index in [4.69, 9.17) is 15.2 Å². The number of rotatable bonds is 25. The molecule has 29 heteroatoms. The number of ether oxygens (including phenoxy) is 2. The molecule has 3 heterocycles. The van der Waals surface area contributed by atoms with Crippen molar-refractivity contribution in [3.05, 3.63) is 0 Å². The summed E-state index contributed by atoms with van der Waals surface area (Å²) in [5.41, 5.74) is 5.24. The zero-order chi connectivity index (χ0) is 55.2. The fourth-order valence-corrected chi connectivity index (χ4v) is 8.61. The summed E-state index contributed by atoms with van der Waals surface area (Å²) in [5, 5.41) is 88.6. The highest BCUT2D eigenvalue weighted by atomic mass is 16.7. The third-order valence-electron chi connectivity index (χ3n) is 13.0. The lowest BCUT2D eigenvalue weighted by atomic mass is 9.96. The Morgan fingerprint density at radius 3 is 1.59 bits per heavy atom. The summed E-state index contributed by atoms with van der Waals surface area (Å²) in [5.74, 6) is -9.92. The van der Waals surface area contributed by atoms with Crippen molar-refractivity contribution in [1.82, 2.24) is 47.0 Å². The molecule has 29 nitrogen and oxygen atoms in total. The maximum Gasteiger partial charge on any atom is 0.248 e. The van der Waals surface area contributed by atoms with Crippen LogP contribution in [-0.4, -0.2) is 235 Å². The Labute approximate surface area is 421 Å². The fraction of sp³-hybridized carbons (Fsp3) is 0.773. The Morgan fingerprint density at radius 2 is 1.14 bits per heavy atom. The number of aliphatic hydroxyl groups excluding tert-OH is 7. The van der Waals surface area contributed by atoms with Crippen molar-refractivity contribution < 1.29 is 93.2 Å². The van der Waals surface area contributed by atoms with Gasteiger partial charge >= 0.3 is 0 Å². The monoisotopic (exact) mass is 1050 g/mol. The van der Waals surface area contributed by atoms with Crippen molar-refractivity contribution in [2.75, 3.05) is 32.9 Å². The van der Waals surface area contributed by atoms with Crippen molar-refractivity contribution >= 4 is 59.1 Å². The molecule has 0 spiro atoms. The van der Waals surface area contributed by atoms with Crippen molar-refractivity contribution in [2.45, 2.75) is 178 Å². The molecule has 16 N–H and O–H groups in total. The molecule has 17 atom stereocenters. The van der Waals surface area contributed by atoms with E-state index in [1.54, 1.807) is 13.8 Å². The van der Waals surface area contributed by atoms with E-state index in [1.807, 2.05) is 0 Å². The molecule has 3 saturated heterocycles. The van der Waals surface area contributed by atoms with Gasteiger partial charge in [-0.2, -0.15) is 0 Å². The first kappa shape index (κ1) is 61.6. The molecular formula is C44H74N10O19. The van der Waals surface area contributed by atoms with Crippen LogP contribution in [0.4, 0.5) is 0 Å². The zero-order valence-corrected chi connectivity index (χ0v) is 41.9. The van der Waals surface area contributed by atoms with E-state index in [0.717, 1.165) is 18.7 Å². The summed E-state index contributed by atoms with van der Waals surface area (Å²) in [4.78, 5) is 135. The lowest BCUT2D eigenvalue weighted by Crippen LogP contribution is -2.66. The highest BCUT2D eigenvalue weighted by Crippen LogP contribution is 2.25. The summed E-state index contributed by atoms with van der Waals surface area (Å²) in [6, 6.07) is -13.9. The van der Waals surface area contributed by atoms with Gasteiger partial charge in [-0.15, -0.1) is 0 Å². The molecule has 0 aromatic rings. The van der Waals surface area contributed by atoms with E-state index in [1.165, 1.54) is 25.7 Å². The van der Waals surface area contributed by atoms with Gasteiger partial charge in [-0.3, -0.25) is 47.9 Å². The third kappa shape index (κ3) is 16.2. The Bertz CT molecular complexity index is 1980. The largest absolute Gasteiger partial charge is 0.394 e. The van der Waals surface area contributed by atoms with Crippen molar-refractivity contribution in [3.8, 4) is 0 Å². The lowest BCUT2D eigenvalue weighted by Gasteiger charge is -2.43. The minimum Gasteiger partial charge on any atom is -0.394 e. The van der Waals surface area contributed by atoms with E-state index in [0.29, 0.717) is 12.8 Å². The van der Waals surface area contributed by atoms with Crippen LogP contribution >= 0.6 is 0 Å². The van der Waals surface area contributed by atoms with Gasteiger partial charge in [0.25, 0.3) is 0 Å². The maximum atomic E-state index is 14.2. The van der Waals surface area contributed by atoms with Gasteiger partial charge in [0.2, 0.25) is 59.1 Å². The van der Waals surface area contributed by atoms with Gasteiger partial charge in [-0.1, -0.05) is 20.3 Å². The predicted molar refractivity (Wildman–Crippen MR) is 249 cm³/mol. The van der Waals surface area contributed by atoms with Gasteiger partial charge in [0, 0.05) is 26.9 Å². The SMILES string of the molecule is CC[C@H](C)[C@H](NC(=O)[C@@H]1CCCN1C(=O)[C@@H](NC(=O)[C@H](CO)NC(=O)[C@@H](NC(=O)[C@@H]1CCCN1C(C)=O)[C@@H](C)O[C@H]1O[C@H](CO)[C@H](O)[C@H](O)[C@H]1NC(C)=O)[C@@H](C)O)C(=O)N[C@@H](CO)C(=O)N[C@H](C(N)=O)[C@@H](C)O. The second-order valence-electron chi connectivity index (χ2n) is 18.5. The first-order chi connectivity index (χ1) is 34.2. The topological polar surface area (TPSA) is 447 Å². The lowest BCUT2D eigenvalue weighted by molar-refractivity contribution is -0.281. The molecule has 3 rings (SSSR count). The molecule has 0 bridgehead atoms. The van der Waals surface area contributed by atoms with Gasteiger partial charge < -0.3 is 98.0 Å². The van der Waals surface area contributed by atoms with Crippen LogP contribution < -0.4 is 43.0 Å². The van der Waals surface area contributed by atoms with E-state index >= 15 is 0 Å². The summed E-state index contributed by atoms with van der Waals surface area (Å²) < 4.78 is 11.6. The molecule has 0 aliphatic carbocycles. The van der Waals surface area contributed by atoms with Crippen LogP contribution in [-0.2, 0) is 57.4 Å². The van der Waals surface area contributed by atoms with E-state index in [-0.39, 0.29) is 32.4 Å². The van der Waals surface area contributed by atoms with Crippen LogP contribution in [0, 0.1) is 5.92 Å². The molecule has 3 fully saturated rings. The number of hydrogen-bond acceptors (Lipinski definition) is 19. The number of amides is 10. The minimum absolute atomic E-state index is 0.0494. The fourth-order valence-electron chi connectivity index (χ4n) is 8.61. The van der Waals surface area contributed by atoms with Crippen LogP contribution in [0.1, 0.15) is 80.6 Å². The summed E-state index contributed by atoms with van der Waals surface area (Å²) in [7, 11) is 0. The van der Waals surface area contributed by atoms with Crippen LogP contribution in [0.2, 0.25) is 0 Å². The molecule has 0 aromatic heterocycles. The quantitative estimate of drug-likeness (QED) is 0.0404. The Balaban J connectivity index is 1.84. The highest BCUT2D eigenvalue weighted by Gasteiger charge is 2.48. The molecule has 414 valence electrons. The van der Waals surface area contributed by atoms with Crippen molar-refractivity contribution in [3.63, 3.8) is 0 Å². The number of nitrogens with zero attached hydrogens (tertiary/aromatic N) is 2. The number of primary amides is 1. The second kappa shape index (κ2) is 28.1. The van der Waals surface area contributed by atoms with Crippen molar-refractivity contribution in [2.24, 2.45) is 11.7 Å². The first-order valence-electron chi connectivity index (χ1n) is 24.1. The molecule has 3 aliphatic heterocycles. The maximum absolute atomic E-state index is 14.2. The smallest absolute Gasteiger partial charge is 0.248 e. The number of hydrogen-bond donors (Lipinski definition) is 15. The average molecular weight is 1050 g/mol. The van der Waals surface area contributed by atoms with Gasteiger partial charge in [0.1, 0.15) is 72.7 Å². The molecule has 0 radical (unpaired) electrons. The Hall–Kier alpha value is -5.66. The molecule has 3 aliphatic rings. The molecule has 0 unspecified atom stereocenters. The number of carbonyl (C=O) groups excluding carboxylic acids is 10. The Kier molecular flexibility index (Phi) is 23.8. The number of aliphatic hydroxyl groups is 7. The standard InChI is InChI=1S/C44H74N10O19/c1-8-18(2)29(41(69)47-24(15-55)37(65)50-30(19(3)58)36(45)64)49-40(68)27-12-10-14-54(27)43(71)31(20(4)59)51-38(66)25(16-56)48-42(70)32(52-39(67)26-11-9-13-53(26)23(7)61)21(5)72-44-33(46-22(6)60)35(63)34(62)28(17-57)73-44/h18-21,24-35,44,55-59,62-63H,8-17H2,1-7H3,(H2,45,64)(H,46,60)(H,47,69)(H,48,70)(H,49,68)(H,50,65)(H,51,66)(H,52,67)/t18-,19+,20+,21+,24-,25-,26-,27-,28+,29-,30-,31-,32-,33+,34-,35+,44-/m0/s1. The molecular weight excluding hydrogens is 973 g/mol. The molecule has 10 amide bonds. The normalized spacial score (nSPS) is 26.0. The van der Waals surface area contributed by atoms with Gasteiger partial charge in [0.05, 0.1) is 38.1 Å². The molecule has 73 heavy (non-hydrogen) atoms. The number of likely N-dealkylation sites (tertiary alicyclic amines) is 2. The van der Waals surface area contributed by atoms with Crippen molar-refractivity contribution in [1.29, 1.82) is 0 Å². The number of nitrogens with one attached hydrogen (secondary N) is 7. The summed E-state index contributed by atoms with van der Waals surface area (Å²) >= 11 is 0. The van der Waals surface area contributed by atoms with Crippen LogP contribution in [0.3, 0.4) is 0 Å². The summed E-state index contributed by atoms with van der Waals surface area (Å²) in [6.07, 6.45) is -9.95. The van der Waals surface area contributed by atoms with E-state index in [9.17, 15) is 83.7 Å². The first-order valence-corrected chi connectivity index (χ1v) is 24.1. The number of carbonyl (C=O) groups is 10. The van der Waals surface area contributed by atoms with Crippen LogP contribution in [0.5, 0.6) is 0 Å². The van der Waals surface area contributed by atoms with Gasteiger partial charge in [0.15, 0.2) is 6.29 Å². The number of nitrogens with two attached hydrogens (primary N) is 1. The second-order valence-corrected chi connectivity index (χ2v) is 18.5. The zero-order valence-electron chi connectivity index (χ0n) is 41.9. The van der Waals surface area contributed by atoms with Gasteiger partial charge in [-0.05, 0) is 52.4 Å². The molecule has 0 saturated carbocycles. The Morgan fingerprint density at radius 1 is 0.658 bits per heavy atom. The average Bonchev–Trinajstić information content (AvgIpc) is 4.04. The predicted octanol–water partition coefficient (Wildman–Crippen LogP) is -8.48. The summed E-state index contributed by atoms with van der Waals surface area (Å²) in [6.45, 7) is 6.45. The van der Waals surface area contributed by atoms with E-state index in [2.05, 4.69) is 37.2 Å². The van der Waals surface area contributed by atoms with Gasteiger partial charge in [-0.25, -0.2) is 0 Å². The third-order valence-corrected chi connectivity index (χ3v) is 13.0. The molecule has 0 aromatic carbocycles.